The standard InChI is InChI=1S/C15H22ClNO3/c1-5-17(10-15(3,4)19)14(18)9-20-12-6-7-13(16)11(2)8-12/h6-8,19H,5,9-10H2,1-4H3. The Hall–Kier alpha value is -1.26. The van der Waals surface area contributed by atoms with Crippen molar-refractivity contribution < 1.29 is 14.6 Å². The number of likely N-dealkylation sites (N-methyl/N-ethyl adjacent to an activating group) is 1. The summed E-state index contributed by atoms with van der Waals surface area (Å²) in [5, 5.41) is 10.4. The summed E-state index contributed by atoms with van der Waals surface area (Å²) in [6.45, 7) is 7.86. The molecule has 1 N–H and O–H groups in total. The molecule has 1 aromatic carbocycles. The van der Waals surface area contributed by atoms with Crippen LogP contribution in [0.1, 0.15) is 26.3 Å². The van der Waals surface area contributed by atoms with E-state index in [0.717, 1.165) is 5.56 Å². The third-order valence-corrected chi connectivity index (χ3v) is 3.23. The van der Waals surface area contributed by atoms with Crippen LogP contribution in [-0.2, 0) is 4.79 Å². The Morgan fingerprint density at radius 2 is 2.10 bits per heavy atom. The molecule has 1 aromatic rings. The van der Waals surface area contributed by atoms with Gasteiger partial charge in [0, 0.05) is 18.1 Å². The number of carbonyl (C=O) groups is 1. The van der Waals surface area contributed by atoms with Gasteiger partial charge in [0.2, 0.25) is 0 Å². The summed E-state index contributed by atoms with van der Waals surface area (Å²) < 4.78 is 5.47. The lowest BCUT2D eigenvalue weighted by Crippen LogP contribution is -2.44. The topological polar surface area (TPSA) is 49.8 Å². The van der Waals surface area contributed by atoms with Crippen LogP contribution in [0.15, 0.2) is 18.2 Å². The molecule has 0 saturated heterocycles. The van der Waals surface area contributed by atoms with Crippen LogP contribution in [0.25, 0.3) is 0 Å². The zero-order chi connectivity index (χ0) is 15.3. The number of aliphatic hydroxyl groups is 1. The number of carbonyl (C=O) groups excluding carboxylic acids is 1. The molecule has 0 aromatic heterocycles. The van der Waals surface area contributed by atoms with Crippen molar-refractivity contribution in [2.75, 3.05) is 19.7 Å². The fraction of sp³-hybridized carbons (Fsp3) is 0.533. The van der Waals surface area contributed by atoms with E-state index in [-0.39, 0.29) is 19.1 Å². The minimum absolute atomic E-state index is 0.0506. The molecule has 1 amide bonds. The summed E-state index contributed by atoms with van der Waals surface area (Å²) in [6, 6.07) is 5.27. The largest absolute Gasteiger partial charge is 0.484 e. The fourth-order valence-electron chi connectivity index (χ4n) is 1.79. The van der Waals surface area contributed by atoms with E-state index >= 15 is 0 Å². The van der Waals surface area contributed by atoms with E-state index in [0.29, 0.717) is 17.3 Å². The SMILES string of the molecule is CCN(CC(C)(C)O)C(=O)COc1ccc(Cl)c(C)c1. The van der Waals surface area contributed by atoms with Gasteiger partial charge in [-0.15, -0.1) is 0 Å². The molecule has 112 valence electrons. The Labute approximate surface area is 125 Å². The van der Waals surface area contributed by atoms with E-state index in [1.54, 1.807) is 36.9 Å². The van der Waals surface area contributed by atoms with Crippen LogP contribution in [0.5, 0.6) is 5.75 Å². The van der Waals surface area contributed by atoms with Crippen molar-refractivity contribution in [3.8, 4) is 5.75 Å². The van der Waals surface area contributed by atoms with Crippen LogP contribution in [-0.4, -0.2) is 41.2 Å². The molecule has 0 aliphatic rings. The number of aryl methyl sites for hydroxylation is 1. The van der Waals surface area contributed by atoms with Crippen LogP contribution in [0.2, 0.25) is 5.02 Å². The molecule has 0 unspecified atom stereocenters. The van der Waals surface area contributed by atoms with E-state index in [1.807, 2.05) is 13.8 Å². The number of hydrogen-bond donors (Lipinski definition) is 1. The molecule has 0 radical (unpaired) electrons. The number of halogens is 1. The number of hydrogen-bond acceptors (Lipinski definition) is 3. The maximum atomic E-state index is 12.0. The number of rotatable bonds is 6. The Morgan fingerprint density at radius 3 is 2.60 bits per heavy atom. The fourth-order valence-corrected chi connectivity index (χ4v) is 1.90. The lowest BCUT2D eigenvalue weighted by molar-refractivity contribution is -0.136. The van der Waals surface area contributed by atoms with Gasteiger partial charge in [-0.1, -0.05) is 11.6 Å². The zero-order valence-electron chi connectivity index (χ0n) is 12.4. The highest BCUT2D eigenvalue weighted by Gasteiger charge is 2.21. The van der Waals surface area contributed by atoms with Crippen LogP contribution >= 0.6 is 11.6 Å². The molecule has 0 spiro atoms. The van der Waals surface area contributed by atoms with Gasteiger partial charge in [-0.3, -0.25) is 4.79 Å². The predicted octanol–water partition coefficient (Wildman–Crippen LogP) is 2.65. The van der Waals surface area contributed by atoms with Gasteiger partial charge in [0.25, 0.3) is 5.91 Å². The highest BCUT2D eigenvalue weighted by atomic mass is 35.5. The summed E-state index contributed by atoms with van der Waals surface area (Å²) in [6.07, 6.45) is 0. The second-order valence-electron chi connectivity index (χ2n) is 5.42. The van der Waals surface area contributed by atoms with Crippen LogP contribution in [0.3, 0.4) is 0 Å². The maximum absolute atomic E-state index is 12.0. The van der Waals surface area contributed by atoms with E-state index in [4.69, 9.17) is 16.3 Å². The minimum Gasteiger partial charge on any atom is -0.484 e. The molecular weight excluding hydrogens is 278 g/mol. The Kier molecular flexibility index (Phi) is 5.84. The Balaban J connectivity index is 2.59. The van der Waals surface area contributed by atoms with Crippen molar-refractivity contribution in [3.63, 3.8) is 0 Å². The first-order valence-electron chi connectivity index (χ1n) is 6.62. The molecule has 20 heavy (non-hydrogen) atoms. The van der Waals surface area contributed by atoms with Crippen molar-refractivity contribution in [2.45, 2.75) is 33.3 Å². The van der Waals surface area contributed by atoms with Crippen molar-refractivity contribution >= 4 is 17.5 Å². The van der Waals surface area contributed by atoms with Gasteiger partial charge in [0.1, 0.15) is 5.75 Å². The number of benzene rings is 1. The lowest BCUT2D eigenvalue weighted by Gasteiger charge is -2.28. The summed E-state index contributed by atoms with van der Waals surface area (Å²) in [5.74, 6) is 0.460. The summed E-state index contributed by atoms with van der Waals surface area (Å²) in [4.78, 5) is 13.6. The van der Waals surface area contributed by atoms with E-state index in [9.17, 15) is 9.90 Å². The quantitative estimate of drug-likeness (QED) is 0.878. The van der Waals surface area contributed by atoms with Gasteiger partial charge < -0.3 is 14.7 Å². The van der Waals surface area contributed by atoms with Crippen molar-refractivity contribution in [1.82, 2.24) is 4.90 Å². The molecular formula is C15H22ClNO3. The summed E-state index contributed by atoms with van der Waals surface area (Å²) in [5.41, 5.74) is -0.0110. The number of nitrogens with zero attached hydrogens (tertiary/aromatic N) is 1. The minimum atomic E-state index is -0.914. The number of amides is 1. The molecule has 1 rings (SSSR count). The smallest absolute Gasteiger partial charge is 0.260 e. The number of ether oxygens (including phenoxy) is 1. The maximum Gasteiger partial charge on any atom is 0.260 e. The van der Waals surface area contributed by atoms with E-state index < -0.39 is 5.60 Å². The average molecular weight is 300 g/mol. The molecule has 5 heteroatoms. The van der Waals surface area contributed by atoms with E-state index in [1.165, 1.54) is 0 Å². The molecule has 0 aliphatic heterocycles. The first kappa shape index (κ1) is 16.8. The van der Waals surface area contributed by atoms with Gasteiger partial charge in [-0.05, 0) is 51.5 Å². The molecule has 0 fully saturated rings. The van der Waals surface area contributed by atoms with E-state index in [2.05, 4.69) is 0 Å². The molecule has 0 heterocycles. The normalized spacial score (nSPS) is 11.3. The zero-order valence-corrected chi connectivity index (χ0v) is 13.2. The van der Waals surface area contributed by atoms with Crippen LogP contribution < -0.4 is 4.74 Å². The molecule has 0 aliphatic carbocycles. The third-order valence-electron chi connectivity index (χ3n) is 2.80. The van der Waals surface area contributed by atoms with Gasteiger partial charge in [0.05, 0.1) is 5.60 Å². The second kappa shape index (κ2) is 6.95. The van der Waals surface area contributed by atoms with Gasteiger partial charge in [-0.2, -0.15) is 0 Å². The van der Waals surface area contributed by atoms with Crippen LogP contribution in [0.4, 0.5) is 0 Å². The molecule has 0 atom stereocenters. The summed E-state index contributed by atoms with van der Waals surface area (Å²) >= 11 is 5.93. The van der Waals surface area contributed by atoms with Crippen LogP contribution in [0, 0.1) is 6.92 Å². The predicted molar refractivity (Wildman–Crippen MR) is 80.2 cm³/mol. The second-order valence-corrected chi connectivity index (χ2v) is 5.83. The molecule has 0 bridgehead atoms. The Bertz CT molecular complexity index is 469. The first-order chi connectivity index (χ1) is 9.23. The van der Waals surface area contributed by atoms with Crippen molar-refractivity contribution in [1.29, 1.82) is 0 Å². The van der Waals surface area contributed by atoms with Crippen molar-refractivity contribution in [2.24, 2.45) is 0 Å². The van der Waals surface area contributed by atoms with Crippen molar-refractivity contribution in [3.05, 3.63) is 28.8 Å². The van der Waals surface area contributed by atoms with Gasteiger partial charge in [-0.25, -0.2) is 0 Å². The molecule has 4 nitrogen and oxygen atoms in total. The Morgan fingerprint density at radius 1 is 1.45 bits per heavy atom. The molecule has 0 saturated carbocycles. The van der Waals surface area contributed by atoms with Gasteiger partial charge >= 0.3 is 0 Å². The highest BCUT2D eigenvalue weighted by Crippen LogP contribution is 2.21. The summed E-state index contributed by atoms with van der Waals surface area (Å²) in [7, 11) is 0. The first-order valence-corrected chi connectivity index (χ1v) is 7.00. The lowest BCUT2D eigenvalue weighted by atomic mass is 10.1. The van der Waals surface area contributed by atoms with Gasteiger partial charge in [0.15, 0.2) is 6.61 Å². The third kappa shape index (κ3) is 5.39. The highest BCUT2D eigenvalue weighted by molar-refractivity contribution is 6.31. The average Bonchev–Trinajstić information content (AvgIpc) is 2.36. The monoisotopic (exact) mass is 299 g/mol.